The van der Waals surface area contributed by atoms with E-state index in [4.69, 9.17) is 5.73 Å². The smallest absolute Gasteiger partial charge is 0.278 e. The molecule has 23 heavy (non-hydrogen) atoms. The van der Waals surface area contributed by atoms with Crippen LogP contribution in [0.25, 0.3) is 0 Å². The van der Waals surface area contributed by atoms with Gasteiger partial charge in [-0.2, -0.15) is 0 Å². The summed E-state index contributed by atoms with van der Waals surface area (Å²) in [5, 5.41) is 26.6. The van der Waals surface area contributed by atoms with Crippen molar-refractivity contribution in [2.45, 2.75) is 50.6 Å². The van der Waals surface area contributed by atoms with Crippen molar-refractivity contribution < 1.29 is 29.9 Å². The Morgan fingerprint density at radius 2 is 1.96 bits per heavy atom. The largest absolute Gasteiger partial charge is 0.390 e. The van der Waals surface area contributed by atoms with Gasteiger partial charge in [-0.05, 0) is 13.8 Å². The molecule has 0 aromatic heterocycles. The number of aliphatic hydroxyl groups excluding tert-OH is 2. The van der Waals surface area contributed by atoms with E-state index in [1.54, 1.807) is 19.3 Å². The van der Waals surface area contributed by atoms with Crippen LogP contribution in [0.5, 0.6) is 0 Å². The molecular weight excluding hydrogens is 304 g/mol. The molecule has 1 aliphatic carbocycles. The summed E-state index contributed by atoms with van der Waals surface area (Å²) in [6.07, 6.45) is -1.11. The first kappa shape index (κ1) is 19.1. The number of likely N-dealkylation sites (N-methyl/N-ethyl adjacent to an activating group) is 1. The highest BCUT2D eigenvalue weighted by Gasteiger charge is 2.34. The minimum absolute atomic E-state index is 0.0830. The number of carbonyl (C=O) groups is 3. The number of hydrogen-bond donors (Lipinski definition) is 6. The van der Waals surface area contributed by atoms with Crippen molar-refractivity contribution in [3.05, 3.63) is 11.6 Å². The lowest BCUT2D eigenvalue weighted by Crippen LogP contribution is -2.88. The van der Waals surface area contributed by atoms with E-state index in [0.29, 0.717) is 0 Å². The SMILES string of the molecule is C[NH2+][C@@H](C)C(=O)N[C@@H]1C=C(C(=O)N[C@H](C)C(N)=O)C[C@@H](O)[C@@H]1O. The fourth-order valence-corrected chi connectivity index (χ4v) is 2.07. The number of carbonyl (C=O) groups excluding carboxylic acids is 3. The van der Waals surface area contributed by atoms with Crippen LogP contribution < -0.4 is 21.7 Å². The molecule has 0 unspecified atom stereocenters. The monoisotopic (exact) mass is 329 g/mol. The molecule has 0 spiro atoms. The van der Waals surface area contributed by atoms with Gasteiger partial charge in [0.15, 0.2) is 6.04 Å². The molecule has 0 fully saturated rings. The highest BCUT2D eigenvalue weighted by molar-refractivity contribution is 5.97. The van der Waals surface area contributed by atoms with E-state index in [1.807, 2.05) is 0 Å². The summed E-state index contributed by atoms with van der Waals surface area (Å²) in [6.45, 7) is 3.12. The summed E-state index contributed by atoms with van der Waals surface area (Å²) in [6, 6.07) is -2.13. The van der Waals surface area contributed by atoms with Crippen molar-refractivity contribution in [2.24, 2.45) is 5.73 Å². The van der Waals surface area contributed by atoms with Gasteiger partial charge in [0.2, 0.25) is 11.8 Å². The van der Waals surface area contributed by atoms with Crippen LogP contribution in [0.1, 0.15) is 20.3 Å². The lowest BCUT2D eigenvalue weighted by Gasteiger charge is -2.31. The van der Waals surface area contributed by atoms with Crippen LogP contribution in [-0.4, -0.2) is 65.3 Å². The standard InChI is InChI=1S/C14H24N4O5/c1-6(12(15)21)17-14(23)8-4-9(11(20)10(19)5-8)18-13(22)7(2)16-3/h4,6-7,9-11,16,19-20H,5H2,1-3H3,(H2,15,21)(H,17,23)(H,18,22)/p+1/t6-,7+,9-,10-,11-/m1/s1. The number of primary amides is 1. The summed E-state index contributed by atoms with van der Waals surface area (Å²) >= 11 is 0. The molecule has 130 valence electrons. The van der Waals surface area contributed by atoms with Crippen LogP contribution in [0.15, 0.2) is 11.6 Å². The van der Waals surface area contributed by atoms with Crippen molar-refractivity contribution >= 4 is 17.7 Å². The van der Waals surface area contributed by atoms with Crippen LogP contribution in [-0.2, 0) is 14.4 Å². The number of rotatable bonds is 6. The third kappa shape index (κ3) is 5.02. The van der Waals surface area contributed by atoms with E-state index in [9.17, 15) is 24.6 Å². The Morgan fingerprint density at radius 1 is 1.35 bits per heavy atom. The number of nitrogens with two attached hydrogens (primary N) is 2. The van der Waals surface area contributed by atoms with Gasteiger partial charge in [-0.15, -0.1) is 0 Å². The van der Waals surface area contributed by atoms with Crippen LogP contribution in [0, 0.1) is 0 Å². The first-order valence-electron chi connectivity index (χ1n) is 7.44. The fourth-order valence-electron chi connectivity index (χ4n) is 2.07. The second-order valence-electron chi connectivity index (χ2n) is 5.71. The molecular formula is C14H25N4O5+. The molecule has 9 nitrogen and oxygen atoms in total. The topological polar surface area (TPSA) is 158 Å². The molecule has 9 heteroatoms. The van der Waals surface area contributed by atoms with E-state index < -0.39 is 36.1 Å². The zero-order chi connectivity index (χ0) is 17.7. The van der Waals surface area contributed by atoms with Gasteiger partial charge in [0.05, 0.1) is 19.2 Å². The van der Waals surface area contributed by atoms with Crippen LogP contribution in [0.3, 0.4) is 0 Å². The maximum absolute atomic E-state index is 12.1. The molecule has 5 atom stereocenters. The lowest BCUT2D eigenvalue weighted by atomic mass is 9.89. The van der Waals surface area contributed by atoms with E-state index in [0.717, 1.165) is 0 Å². The van der Waals surface area contributed by atoms with Crippen LogP contribution >= 0.6 is 0 Å². The van der Waals surface area contributed by atoms with Crippen molar-refractivity contribution in [1.82, 2.24) is 10.6 Å². The zero-order valence-corrected chi connectivity index (χ0v) is 13.4. The van der Waals surface area contributed by atoms with Gasteiger partial charge in [-0.3, -0.25) is 14.4 Å². The Balaban J connectivity index is 2.87. The number of amides is 3. The predicted octanol–water partition coefficient (Wildman–Crippen LogP) is -3.91. The number of nitrogens with one attached hydrogen (secondary N) is 2. The maximum atomic E-state index is 12.1. The molecule has 1 aliphatic rings. The molecule has 0 saturated carbocycles. The Hall–Kier alpha value is -1.97. The van der Waals surface area contributed by atoms with Crippen molar-refractivity contribution in [1.29, 1.82) is 0 Å². The summed E-state index contributed by atoms with van der Waals surface area (Å²) < 4.78 is 0. The number of aliphatic hydroxyl groups is 2. The van der Waals surface area contributed by atoms with E-state index >= 15 is 0 Å². The lowest BCUT2D eigenvalue weighted by molar-refractivity contribution is -0.646. The molecule has 0 heterocycles. The second-order valence-corrected chi connectivity index (χ2v) is 5.71. The minimum atomic E-state index is -1.21. The molecule has 8 N–H and O–H groups in total. The molecule has 0 radical (unpaired) electrons. The van der Waals surface area contributed by atoms with Gasteiger partial charge >= 0.3 is 0 Å². The van der Waals surface area contributed by atoms with Crippen molar-refractivity contribution in [2.75, 3.05) is 7.05 Å². The predicted molar refractivity (Wildman–Crippen MR) is 80.8 cm³/mol. The van der Waals surface area contributed by atoms with Gasteiger partial charge in [-0.25, -0.2) is 0 Å². The molecule has 0 saturated heterocycles. The normalized spacial score (nSPS) is 26.7. The molecule has 0 aromatic rings. The van der Waals surface area contributed by atoms with Crippen LogP contribution in [0.4, 0.5) is 0 Å². The minimum Gasteiger partial charge on any atom is -0.390 e. The zero-order valence-electron chi connectivity index (χ0n) is 13.4. The van der Waals surface area contributed by atoms with Gasteiger partial charge in [0.25, 0.3) is 5.91 Å². The fraction of sp³-hybridized carbons (Fsp3) is 0.643. The van der Waals surface area contributed by atoms with Gasteiger partial charge < -0.3 is 31.9 Å². The van der Waals surface area contributed by atoms with E-state index in [-0.39, 0.29) is 23.9 Å². The third-order valence-electron chi connectivity index (χ3n) is 3.86. The van der Waals surface area contributed by atoms with Gasteiger partial charge in [0.1, 0.15) is 12.1 Å². The van der Waals surface area contributed by atoms with Gasteiger partial charge in [-0.1, -0.05) is 6.08 Å². The number of quaternary nitrogens is 1. The first-order chi connectivity index (χ1) is 10.7. The quantitative estimate of drug-likeness (QED) is 0.293. The van der Waals surface area contributed by atoms with Crippen molar-refractivity contribution in [3.63, 3.8) is 0 Å². The highest BCUT2D eigenvalue weighted by Crippen LogP contribution is 2.20. The molecule has 0 aromatic carbocycles. The van der Waals surface area contributed by atoms with Crippen molar-refractivity contribution in [3.8, 4) is 0 Å². The Morgan fingerprint density at radius 3 is 2.48 bits per heavy atom. The summed E-state index contributed by atoms with van der Waals surface area (Å²) in [5.74, 6) is -1.59. The summed E-state index contributed by atoms with van der Waals surface area (Å²) in [4.78, 5) is 35.0. The summed E-state index contributed by atoms with van der Waals surface area (Å²) in [7, 11) is 1.73. The molecule has 3 amide bonds. The highest BCUT2D eigenvalue weighted by atomic mass is 16.3. The molecule has 0 aliphatic heterocycles. The molecule has 1 rings (SSSR count). The Kier molecular flexibility index (Phi) is 6.67. The second kappa shape index (κ2) is 8.04. The van der Waals surface area contributed by atoms with Gasteiger partial charge in [0, 0.05) is 12.0 Å². The molecule has 0 bridgehead atoms. The average Bonchev–Trinajstić information content (AvgIpc) is 2.50. The third-order valence-corrected chi connectivity index (χ3v) is 3.86. The first-order valence-corrected chi connectivity index (χ1v) is 7.44. The number of hydrogen-bond acceptors (Lipinski definition) is 5. The van der Waals surface area contributed by atoms with E-state index in [1.165, 1.54) is 13.0 Å². The summed E-state index contributed by atoms with van der Waals surface area (Å²) in [5.41, 5.74) is 5.26. The Labute approximate surface area is 134 Å². The Bertz CT molecular complexity index is 507. The van der Waals surface area contributed by atoms with Crippen LogP contribution in [0.2, 0.25) is 0 Å². The maximum Gasteiger partial charge on any atom is 0.278 e. The average molecular weight is 329 g/mol. The van der Waals surface area contributed by atoms with E-state index in [2.05, 4.69) is 10.6 Å².